The molecular formula is C24H39N3O4. The predicted molar refractivity (Wildman–Crippen MR) is 123 cm³/mol. The van der Waals surface area contributed by atoms with Crippen molar-refractivity contribution in [2.45, 2.75) is 84.9 Å². The number of benzene rings is 1. The second-order valence-corrected chi connectivity index (χ2v) is 8.73. The molecule has 2 atom stereocenters. The van der Waals surface area contributed by atoms with Gasteiger partial charge in [0, 0.05) is 12.6 Å². The van der Waals surface area contributed by atoms with E-state index in [2.05, 4.69) is 17.6 Å². The predicted octanol–water partition coefficient (Wildman–Crippen LogP) is 4.19. The van der Waals surface area contributed by atoms with Crippen LogP contribution < -0.4 is 10.6 Å². The number of alkyl carbamates (subject to hydrolysis) is 1. The topological polar surface area (TPSA) is 87.7 Å². The maximum Gasteiger partial charge on any atom is 0.408 e. The maximum absolute atomic E-state index is 13.2. The molecular weight excluding hydrogens is 394 g/mol. The largest absolute Gasteiger partial charge is 0.444 e. The number of hydrogen-bond acceptors (Lipinski definition) is 4. The van der Waals surface area contributed by atoms with E-state index in [4.69, 9.17) is 4.74 Å². The number of unbranched alkanes of at least 4 members (excludes halogenated alkanes) is 2. The van der Waals surface area contributed by atoms with Gasteiger partial charge in [-0.15, -0.1) is 0 Å². The van der Waals surface area contributed by atoms with Gasteiger partial charge in [-0.2, -0.15) is 0 Å². The normalized spacial score (nSPS) is 13.1. The molecule has 0 aliphatic rings. The summed E-state index contributed by atoms with van der Waals surface area (Å²) in [6.45, 7) is 11.6. The molecule has 0 heterocycles. The van der Waals surface area contributed by atoms with E-state index in [0.29, 0.717) is 13.0 Å². The lowest BCUT2D eigenvalue weighted by atomic mass is 10.0. The van der Waals surface area contributed by atoms with Crippen molar-refractivity contribution in [1.82, 2.24) is 15.5 Å². The van der Waals surface area contributed by atoms with Gasteiger partial charge >= 0.3 is 6.09 Å². The lowest BCUT2D eigenvalue weighted by molar-refractivity contribution is -0.142. The molecule has 0 aliphatic carbocycles. The first-order valence-corrected chi connectivity index (χ1v) is 11.2. The number of rotatable bonds is 11. The number of amides is 3. The first-order valence-electron chi connectivity index (χ1n) is 11.2. The Morgan fingerprint density at radius 3 is 2.23 bits per heavy atom. The molecule has 2 unspecified atom stereocenters. The number of nitrogens with zero attached hydrogens (tertiary/aromatic N) is 1. The van der Waals surface area contributed by atoms with Crippen LogP contribution in [0.5, 0.6) is 0 Å². The van der Waals surface area contributed by atoms with E-state index < -0.39 is 17.7 Å². The molecule has 0 bridgehead atoms. The van der Waals surface area contributed by atoms with Gasteiger partial charge in [-0.1, -0.05) is 57.0 Å². The van der Waals surface area contributed by atoms with Crippen LogP contribution in [0.3, 0.4) is 0 Å². The zero-order valence-electron chi connectivity index (χ0n) is 19.9. The Kier molecular flexibility index (Phi) is 11.1. The molecule has 7 nitrogen and oxygen atoms in total. The summed E-state index contributed by atoms with van der Waals surface area (Å²) < 4.78 is 5.22. The molecule has 3 amide bonds. The molecule has 1 aromatic rings. The summed E-state index contributed by atoms with van der Waals surface area (Å²) in [4.78, 5) is 40.0. The van der Waals surface area contributed by atoms with Crippen LogP contribution in [0, 0.1) is 0 Å². The van der Waals surface area contributed by atoms with Gasteiger partial charge in [0.25, 0.3) is 0 Å². The molecule has 174 valence electrons. The van der Waals surface area contributed by atoms with Crippen molar-refractivity contribution in [2.24, 2.45) is 0 Å². The number of carbonyl (C=O) groups excluding carboxylic acids is 3. The minimum Gasteiger partial charge on any atom is -0.444 e. The lowest BCUT2D eigenvalue weighted by Crippen LogP contribution is -2.51. The standard InChI is InChI=1S/C24H39N3O4/c1-7-9-13-16-25-22(29)21(19-14-11-10-12-15-19)27(18(3)8-2)20(28)17-26-23(30)31-24(4,5)6/h10-12,14-15,18,21H,7-9,13,16-17H2,1-6H3,(H,25,29)(H,26,30). The van der Waals surface area contributed by atoms with Gasteiger partial charge in [-0.25, -0.2) is 4.79 Å². The van der Waals surface area contributed by atoms with E-state index in [1.807, 2.05) is 44.2 Å². The van der Waals surface area contributed by atoms with Crippen LogP contribution in [0.15, 0.2) is 30.3 Å². The van der Waals surface area contributed by atoms with Gasteiger partial charge in [-0.3, -0.25) is 9.59 Å². The molecule has 1 aromatic carbocycles. The van der Waals surface area contributed by atoms with Crippen molar-refractivity contribution in [3.05, 3.63) is 35.9 Å². The second kappa shape index (κ2) is 13.0. The van der Waals surface area contributed by atoms with Crippen molar-refractivity contribution in [2.75, 3.05) is 13.1 Å². The van der Waals surface area contributed by atoms with Crippen molar-refractivity contribution in [1.29, 1.82) is 0 Å². The summed E-state index contributed by atoms with van der Waals surface area (Å²) in [7, 11) is 0. The molecule has 2 N–H and O–H groups in total. The smallest absolute Gasteiger partial charge is 0.408 e. The Hall–Kier alpha value is -2.57. The summed E-state index contributed by atoms with van der Waals surface area (Å²) in [5.41, 5.74) is 0.0792. The minimum atomic E-state index is -0.772. The summed E-state index contributed by atoms with van der Waals surface area (Å²) >= 11 is 0. The average molecular weight is 434 g/mol. The SMILES string of the molecule is CCCCCNC(=O)C(c1ccccc1)N(C(=O)CNC(=O)OC(C)(C)C)C(C)CC. The quantitative estimate of drug-likeness (QED) is 0.512. The average Bonchev–Trinajstić information content (AvgIpc) is 2.72. The summed E-state index contributed by atoms with van der Waals surface area (Å²) in [6.07, 6.45) is 2.99. The van der Waals surface area contributed by atoms with Crippen LogP contribution in [0.1, 0.15) is 78.8 Å². The van der Waals surface area contributed by atoms with Gasteiger partial charge in [-0.05, 0) is 46.1 Å². The third kappa shape index (κ3) is 9.40. The van der Waals surface area contributed by atoms with Gasteiger partial charge in [0.05, 0.1) is 0 Å². The van der Waals surface area contributed by atoms with Crippen LogP contribution in [-0.2, 0) is 14.3 Å². The zero-order chi connectivity index (χ0) is 23.4. The van der Waals surface area contributed by atoms with E-state index in [-0.39, 0.29) is 24.4 Å². The third-order valence-electron chi connectivity index (χ3n) is 4.86. The Morgan fingerprint density at radius 2 is 1.68 bits per heavy atom. The zero-order valence-corrected chi connectivity index (χ0v) is 19.9. The highest BCUT2D eigenvalue weighted by atomic mass is 16.6. The fraction of sp³-hybridized carbons (Fsp3) is 0.625. The Bertz CT molecular complexity index is 701. The van der Waals surface area contributed by atoms with Crippen LogP contribution >= 0.6 is 0 Å². The lowest BCUT2D eigenvalue weighted by Gasteiger charge is -2.36. The Balaban J connectivity index is 3.07. The molecule has 31 heavy (non-hydrogen) atoms. The number of hydrogen-bond donors (Lipinski definition) is 2. The molecule has 0 fully saturated rings. The van der Waals surface area contributed by atoms with Gasteiger partial charge < -0.3 is 20.3 Å². The molecule has 0 radical (unpaired) electrons. The number of ether oxygens (including phenoxy) is 1. The van der Waals surface area contributed by atoms with E-state index in [9.17, 15) is 14.4 Å². The van der Waals surface area contributed by atoms with Gasteiger partial charge in [0.1, 0.15) is 18.2 Å². The molecule has 0 spiro atoms. The molecule has 7 heteroatoms. The summed E-state index contributed by atoms with van der Waals surface area (Å²) in [6, 6.07) is 8.31. The summed E-state index contributed by atoms with van der Waals surface area (Å²) in [5, 5.41) is 5.50. The Labute approximate surface area is 186 Å². The molecule has 1 rings (SSSR count). The van der Waals surface area contributed by atoms with Gasteiger partial charge in [0.15, 0.2) is 0 Å². The number of carbonyl (C=O) groups is 3. The van der Waals surface area contributed by atoms with E-state index in [1.165, 1.54) is 0 Å². The highest BCUT2D eigenvalue weighted by Gasteiger charge is 2.34. The van der Waals surface area contributed by atoms with Crippen LogP contribution in [0.2, 0.25) is 0 Å². The highest BCUT2D eigenvalue weighted by molar-refractivity contribution is 5.90. The van der Waals surface area contributed by atoms with Crippen LogP contribution in [-0.4, -0.2) is 47.5 Å². The minimum absolute atomic E-state index is 0.195. The highest BCUT2D eigenvalue weighted by Crippen LogP contribution is 2.25. The fourth-order valence-electron chi connectivity index (χ4n) is 3.15. The monoisotopic (exact) mass is 433 g/mol. The molecule has 0 aliphatic heterocycles. The van der Waals surface area contributed by atoms with Crippen molar-refractivity contribution in [3.63, 3.8) is 0 Å². The molecule has 0 saturated heterocycles. The van der Waals surface area contributed by atoms with Crippen molar-refractivity contribution < 1.29 is 19.1 Å². The third-order valence-corrected chi connectivity index (χ3v) is 4.86. The number of nitrogens with one attached hydrogen (secondary N) is 2. The maximum atomic E-state index is 13.2. The van der Waals surface area contributed by atoms with E-state index in [1.54, 1.807) is 25.7 Å². The first kappa shape index (κ1) is 26.5. The molecule has 0 saturated carbocycles. The fourth-order valence-corrected chi connectivity index (χ4v) is 3.15. The van der Waals surface area contributed by atoms with E-state index >= 15 is 0 Å². The van der Waals surface area contributed by atoms with Crippen molar-refractivity contribution >= 4 is 17.9 Å². The van der Waals surface area contributed by atoms with Crippen LogP contribution in [0.25, 0.3) is 0 Å². The molecule has 0 aromatic heterocycles. The summed E-state index contributed by atoms with van der Waals surface area (Å²) in [5.74, 6) is -0.550. The van der Waals surface area contributed by atoms with E-state index in [0.717, 1.165) is 24.8 Å². The van der Waals surface area contributed by atoms with Crippen molar-refractivity contribution in [3.8, 4) is 0 Å². The second-order valence-electron chi connectivity index (χ2n) is 8.73. The Morgan fingerprint density at radius 1 is 1.03 bits per heavy atom. The van der Waals surface area contributed by atoms with Gasteiger partial charge in [0.2, 0.25) is 11.8 Å². The first-order chi connectivity index (χ1) is 14.6. The van der Waals surface area contributed by atoms with Crippen LogP contribution in [0.4, 0.5) is 4.79 Å².